The molecule has 0 atom stereocenters. The third kappa shape index (κ3) is 1.95. The van der Waals surface area contributed by atoms with Gasteiger partial charge in [-0.2, -0.15) is 8.78 Å². The topological polar surface area (TPSA) is 29.5 Å². The molecule has 0 aliphatic heterocycles. The Morgan fingerprint density at radius 1 is 1.29 bits per heavy atom. The monoisotopic (exact) mass is 202 g/mol. The standard InChI is InChI=1S/C10H12F2O2/c1-5(2)14-10-6(3)4-7(13)8(11)9(10)12/h4-5,13H,1-3H3. The zero-order chi connectivity index (χ0) is 10.9. The van der Waals surface area contributed by atoms with Crippen LogP contribution < -0.4 is 4.74 Å². The Kier molecular flexibility index (Phi) is 2.93. The molecule has 1 rings (SSSR count). The molecule has 2 nitrogen and oxygen atoms in total. The van der Waals surface area contributed by atoms with Crippen LogP contribution in [0.15, 0.2) is 6.07 Å². The van der Waals surface area contributed by atoms with Crippen LogP contribution in [0.2, 0.25) is 0 Å². The molecule has 0 spiro atoms. The number of hydrogen-bond donors (Lipinski definition) is 1. The van der Waals surface area contributed by atoms with Gasteiger partial charge in [0.1, 0.15) is 0 Å². The Bertz CT molecular complexity index is 348. The molecule has 0 amide bonds. The van der Waals surface area contributed by atoms with Crippen LogP contribution in [0.4, 0.5) is 8.78 Å². The van der Waals surface area contributed by atoms with Gasteiger partial charge in [0.25, 0.3) is 0 Å². The fourth-order valence-corrected chi connectivity index (χ4v) is 1.10. The number of benzene rings is 1. The molecule has 0 aromatic heterocycles. The molecule has 0 saturated carbocycles. The first kappa shape index (κ1) is 10.8. The Balaban J connectivity index is 3.22. The van der Waals surface area contributed by atoms with E-state index in [9.17, 15) is 8.78 Å². The van der Waals surface area contributed by atoms with Gasteiger partial charge in [0.2, 0.25) is 11.6 Å². The SMILES string of the molecule is Cc1cc(O)c(F)c(F)c1OC(C)C. The molecule has 4 heteroatoms. The summed E-state index contributed by atoms with van der Waals surface area (Å²) in [5.41, 5.74) is 0.370. The summed E-state index contributed by atoms with van der Waals surface area (Å²) in [7, 11) is 0. The Hall–Kier alpha value is -1.32. The first-order chi connectivity index (χ1) is 6.43. The van der Waals surface area contributed by atoms with Crippen LogP contribution in [0.1, 0.15) is 19.4 Å². The second-order valence-corrected chi connectivity index (χ2v) is 3.34. The lowest BCUT2D eigenvalue weighted by molar-refractivity contribution is 0.224. The molecule has 0 aliphatic rings. The van der Waals surface area contributed by atoms with E-state index >= 15 is 0 Å². The van der Waals surface area contributed by atoms with E-state index in [4.69, 9.17) is 9.84 Å². The maximum Gasteiger partial charge on any atom is 0.204 e. The van der Waals surface area contributed by atoms with Gasteiger partial charge in [0.15, 0.2) is 11.5 Å². The van der Waals surface area contributed by atoms with Crippen molar-refractivity contribution in [1.29, 1.82) is 0 Å². The first-order valence-electron chi connectivity index (χ1n) is 4.27. The highest BCUT2D eigenvalue weighted by Crippen LogP contribution is 2.31. The van der Waals surface area contributed by atoms with Crippen molar-refractivity contribution in [3.05, 3.63) is 23.3 Å². The molecule has 0 fully saturated rings. The molecule has 0 aliphatic carbocycles. The van der Waals surface area contributed by atoms with E-state index in [0.29, 0.717) is 5.56 Å². The van der Waals surface area contributed by atoms with Crippen molar-refractivity contribution in [2.75, 3.05) is 0 Å². The van der Waals surface area contributed by atoms with Crippen molar-refractivity contribution < 1.29 is 18.6 Å². The predicted molar refractivity (Wildman–Crippen MR) is 48.5 cm³/mol. The lowest BCUT2D eigenvalue weighted by Crippen LogP contribution is -2.09. The summed E-state index contributed by atoms with van der Waals surface area (Å²) in [6, 6.07) is 1.14. The molecule has 0 bridgehead atoms. The van der Waals surface area contributed by atoms with E-state index in [-0.39, 0.29) is 11.9 Å². The largest absolute Gasteiger partial charge is 0.505 e. The van der Waals surface area contributed by atoms with E-state index in [1.54, 1.807) is 20.8 Å². The molecule has 0 unspecified atom stereocenters. The number of aromatic hydroxyl groups is 1. The van der Waals surface area contributed by atoms with Crippen LogP contribution >= 0.6 is 0 Å². The Morgan fingerprint density at radius 2 is 1.86 bits per heavy atom. The third-order valence-corrected chi connectivity index (χ3v) is 1.68. The molecule has 1 N–H and O–H groups in total. The number of aryl methyl sites for hydroxylation is 1. The fourth-order valence-electron chi connectivity index (χ4n) is 1.10. The van der Waals surface area contributed by atoms with Crippen LogP contribution in [0.3, 0.4) is 0 Å². The van der Waals surface area contributed by atoms with Crippen LogP contribution in [-0.2, 0) is 0 Å². The zero-order valence-corrected chi connectivity index (χ0v) is 8.27. The van der Waals surface area contributed by atoms with Gasteiger partial charge in [-0.1, -0.05) is 0 Å². The molecular formula is C10H12F2O2. The zero-order valence-electron chi connectivity index (χ0n) is 8.27. The second-order valence-electron chi connectivity index (χ2n) is 3.34. The quantitative estimate of drug-likeness (QED) is 0.799. The van der Waals surface area contributed by atoms with Crippen molar-refractivity contribution in [2.24, 2.45) is 0 Å². The predicted octanol–water partition coefficient (Wildman–Crippen LogP) is 2.77. The van der Waals surface area contributed by atoms with Gasteiger partial charge in [-0.25, -0.2) is 0 Å². The molecule has 0 radical (unpaired) electrons. The lowest BCUT2D eigenvalue weighted by Gasteiger charge is -2.13. The van der Waals surface area contributed by atoms with Crippen molar-refractivity contribution >= 4 is 0 Å². The van der Waals surface area contributed by atoms with Gasteiger partial charge < -0.3 is 9.84 Å². The Morgan fingerprint density at radius 3 is 2.36 bits per heavy atom. The van der Waals surface area contributed by atoms with Gasteiger partial charge in [0.05, 0.1) is 6.10 Å². The summed E-state index contributed by atoms with van der Waals surface area (Å²) < 4.78 is 31.2. The maximum atomic E-state index is 13.2. The van der Waals surface area contributed by atoms with E-state index in [1.807, 2.05) is 0 Å². The van der Waals surface area contributed by atoms with Crippen molar-refractivity contribution in [3.63, 3.8) is 0 Å². The summed E-state index contributed by atoms with van der Waals surface area (Å²) >= 11 is 0. The van der Waals surface area contributed by atoms with Crippen molar-refractivity contribution in [2.45, 2.75) is 26.9 Å². The van der Waals surface area contributed by atoms with Gasteiger partial charge >= 0.3 is 0 Å². The molecule has 14 heavy (non-hydrogen) atoms. The molecule has 1 aromatic rings. The summed E-state index contributed by atoms with van der Waals surface area (Å²) in [5, 5.41) is 8.97. The fraction of sp³-hybridized carbons (Fsp3) is 0.400. The highest BCUT2D eigenvalue weighted by molar-refractivity contribution is 5.41. The van der Waals surface area contributed by atoms with Crippen LogP contribution in [0.5, 0.6) is 11.5 Å². The average molecular weight is 202 g/mol. The summed E-state index contributed by atoms with van der Waals surface area (Å²) in [4.78, 5) is 0. The maximum absolute atomic E-state index is 13.2. The normalized spacial score (nSPS) is 10.7. The molecular weight excluding hydrogens is 190 g/mol. The second kappa shape index (κ2) is 3.82. The molecule has 0 heterocycles. The summed E-state index contributed by atoms with van der Waals surface area (Å²) in [6.07, 6.45) is -0.243. The van der Waals surface area contributed by atoms with E-state index in [1.165, 1.54) is 0 Å². The number of ether oxygens (including phenoxy) is 1. The highest BCUT2D eigenvalue weighted by atomic mass is 19.2. The number of halogens is 2. The van der Waals surface area contributed by atoms with E-state index in [0.717, 1.165) is 6.07 Å². The number of rotatable bonds is 2. The minimum atomic E-state index is -1.27. The van der Waals surface area contributed by atoms with Crippen LogP contribution in [0.25, 0.3) is 0 Å². The molecule has 0 saturated heterocycles. The molecule has 1 aromatic carbocycles. The first-order valence-corrected chi connectivity index (χ1v) is 4.27. The third-order valence-electron chi connectivity index (χ3n) is 1.68. The number of phenols is 1. The van der Waals surface area contributed by atoms with Crippen LogP contribution in [0, 0.1) is 18.6 Å². The highest BCUT2D eigenvalue weighted by Gasteiger charge is 2.17. The molecule has 78 valence electrons. The number of hydrogen-bond acceptors (Lipinski definition) is 2. The van der Waals surface area contributed by atoms with Crippen LogP contribution in [-0.4, -0.2) is 11.2 Å². The number of phenolic OH excluding ortho intramolecular Hbond substituents is 1. The van der Waals surface area contributed by atoms with Gasteiger partial charge in [-0.15, -0.1) is 0 Å². The van der Waals surface area contributed by atoms with Crippen molar-refractivity contribution in [3.8, 4) is 11.5 Å². The lowest BCUT2D eigenvalue weighted by atomic mass is 10.2. The van der Waals surface area contributed by atoms with E-state index < -0.39 is 17.4 Å². The van der Waals surface area contributed by atoms with Gasteiger partial charge in [-0.3, -0.25) is 0 Å². The van der Waals surface area contributed by atoms with Crippen molar-refractivity contribution in [1.82, 2.24) is 0 Å². The summed E-state index contributed by atoms with van der Waals surface area (Å²) in [5.74, 6) is -3.26. The minimum absolute atomic E-state index is 0.143. The Labute approximate surface area is 81.1 Å². The van der Waals surface area contributed by atoms with Gasteiger partial charge in [-0.05, 0) is 32.4 Å². The van der Waals surface area contributed by atoms with Gasteiger partial charge in [0, 0.05) is 0 Å². The smallest absolute Gasteiger partial charge is 0.204 e. The van der Waals surface area contributed by atoms with E-state index in [2.05, 4.69) is 0 Å². The average Bonchev–Trinajstić information content (AvgIpc) is 2.09. The summed E-state index contributed by atoms with van der Waals surface area (Å²) in [6.45, 7) is 4.97. The minimum Gasteiger partial charge on any atom is -0.505 e.